The number of alkyl halides is 3. The van der Waals surface area contributed by atoms with E-state index in [0.717, 1.165) is 0 Å². The number of sulfone groups is 1. The fourth-order valence-electron chi connectivity index (χ4n) is 2.34. The second-order valence-corrected chi connectivity index (χ2v) is 9.41. The Kier molecular flexibility index (Phi) is 5.96. The van der Waals surface area contributed by atoms with Crippen molar-refractivity contribution in [3.8, 4) is 0 Å². The number of benzene rings is 1. The second-order valence-electron chi connectivity index (χ2n) is 5.49. The third-order valence-corrected chi connectivity index (χ3v) is 6.58. The van der Waals surface area contributed by atoms with Gasteiger partial charge < -0.3 is 5.32 Å². The maximum absolute atomic E-state index is 12.9. The zero-order chi connectivity index (χ0) is 20.6. The van der Waals surface area contributed by atoms with Crippen LogP contribution < -0.4 is 5.32 Å². The van der Waals surface area contributed by atoms with Gasteiger partial charge in [-0.3, -0.25) is 20.2 Å². The molecule has 1 aliphatic heterocycles. The minimum atomic E-state index is -5.02. The summed E-state index contributed by atoms with van der Waals surface area (Å²) < 4.78 is 61.2. The quantitative estimate of drug-likeness (QED) is 0.321. The number of rotatable bonds is 4. The first kappa shape index (κ1) is 21.3. The zero-order valence-corrected chi connectivity index (χ0v) is 15.5. The van der Waals surface area contributed by atoms with Crippen LogP contribution in [0.2, 0.25) is 0 Å². The minimum absolute atomic E-state index is 0.0848. The molecule has 1 heterocycles. The number of halogens is 3. The maximum atomic E-state index is 12.9. The van der Waals surface area contributed by atoms with Crippen molar-refractivity contribution >= 4 is 49.5 Å². The molecule has 2 rings (SSSR count). The minimum Gasteiger partial charge on any atom is -0.367 e. The molecule has 1 aromatic rings. The van der Waals surface area contributed by atoms with E-state index in [-0.39, 0.29) is 34.4 Å². The van der Waals surface area contributed by atoms with Crippen molar-refractivity contribution in [3.05, 3.63) is 37.9 Å². The van der Waals surface area contributed by atoms with Gasteiger partial charge in [0.15, 0.2) is 14.7 Å². The Balaban J connectivity index is 2.38. The summed E-state index contributed by atoms with van der Waals surface area (Å²) in [6.07, 6.45) is -4.80. The predicted molar refractivity (Wildman–Crippen MR) is 93.4 cm³/mol. The summed E-state index contributed by atoms with van der Waals surface area (Å²) in [7, 11) is -3.25. The zero-order valence-electron chi connectivity index (χ0n) is 13.1. The standard InChI is InChI=1S/C12H10F3N3O6S3/c13-12(14,15)6-3-8(17(19)20)10(9(4-6)18(21)22)26-11(25)16-7-1-2-27(23,24)5-7/h3-4,7H,1-2,5H2,(H,16,25). The molecular formula is C12H10F3N3O6S3. The molecule has 1 fully saturated rings. The van der Waals surface area contributed by atoms with Crippen molar-refractivity contribution < 1.29 is 31.4 Å². The molecule has 0 bridgehead atoms. The monoisotopic (exact) mass is 445 g/mol. The molecule has 148 valence electrons. The lowest BCUT2D eigenvalue weighted by Crippen LogP contribution is -2.32. The van der Waals surface area contributed by atoms with Gasteiger partial charge in [0, 0.05) is 18.2 Å². The van der Waals surface area contributed by atoms with Crippen LogP contribution in [0.1, 0.15) is 12.0 Å². The number of nitro benzene ring substituents is 2. The molecule has 1 aliphatic rings. The normalized spacial score (nSPS) is 18.9. The van der Waals surface area contributed by atoms with E-state index in [0.29, 0.717) is 11.8 Å². The van der Waals surface area contributed by atoms with Crippen LogP contribution in [0.15, 0.2) is 17.0 Å². The van der Waals surface area contributed by atoms with E-state index in [4.69, 9.17) is 12.2 Å². The summed E-state index contributed by atoms with van der Waals surface area (Å²) >= 11 is 5.27. The Labute approximate surface area is 159 Å². The van der Waals surface area contributed by atoms with Gasteiger partial charge in [0.1, 0.15) is 4.32 Å². The third-order valence-electron chi connectivity index (χ3n) is 3.52. The van der Waals surface area contributed by atoms with Crippen molar-refractivity contribution in [3.63, 3.8) is 0 Å². The summed E-state index contributed by atoms with van der Waals surface area (Å²) in [5.74, 6) is -0.316. The van der Waals surface area contributed by atoms with Gasteiger partial charge in [-0.05, 0) is 18.2 Å². The molecule has 1 atom stereocenters. The lowest BCUT2D eigenvalue weighted by Gasteiger charge is -2.13. The highest BCUT2D eigenvalue weighted by Crippen LogP contribution is 2.43. The molecule has 9 nitrogen and oxygen atoms in total. The predicted octanol–water partition coefficient (Wildman–Crippen LogP) is 2.68. The lowest BCUT2D eigenvalue weighted by molar-refractivity contribution is -0.400. The molecule has 0 amide bonds. The SMILES string of the molecule is O=[N+]([O-])c1cc(C(F)(F)F)cc([N+](=O)[O-])c1SC(=S)NC1CCS(=O)(=O)C1. The molecule has 1 saturated heterocycles. The first-order valence-electron chi connectivity index (χ1n) is 7.03. The molecule has 1 N–H and O–H groups in total. The maximum Gasteiger partial charge on any atom is 0.416 e. The summed E-state index contributed by atoms with van der Waals surface area (Å²) in [5.41, 5.74) is -3.78. The Hall–Kier alpha value is -2.00. The van der Waals surface area contributed by atoms with E-state index in [2.05, 4.69) is 5.32 Å². The number of hydrogen-bond acceptors (Lipinski definition) is 8. The molecule has 15 heteroatoms. The second kappa shape index (κ2) is 7.55. The molecule has 1 unspecified atom stereocenters. The van der Waals surface area contributed by atoms with E-state index < -0.39 is 53.7 Å². The van der Waals surface area contributed by atoms with E-state index in [1.807, 2.05) is 0 Å². The highest BCUT2D eigenvalue weighted by molar-refractivity contribution is 8.23. The average molecular weight is 445 g/mol. The highest BCUT2D eigenvalue weighted by Gasteiger charge is 2.38. The Morgan fingerprint density at radius 2 is 1.74 bits per heavy atom. The third kappa shape index (κ3) is 5.26. The molecule has 27 heavy (non-hydrogen) atoms. The van der Waals surface area contributed by atoms with E-state index >= 15 is 0 Å². The fraction of sp³-hybridized carbons (Fsp3) is 0.417. The molecule has 1 aromatic carbocycles. The van der Waals surface area contributed by atoms with Crippen molar-refractivity contribution in [2.24, 2.45) is 0 Å². The van der Waals surface area contributed by atoms with Crippen LogP contribution in [-0.4, -0.2) is 40.1 Å². The van der Waals surface area contributed by atoms with Crippen LogP contribution in [0.5, 0.6) is 0 Å². The van der Waals surface area contributed by atoms with Crippen molar-refractivity contribution in [2.45, 2.75) is 23.5 Å². The topological polar surface area (TPSA) is 132 Å². The summed E-state index contributed by atoms with van der Waals surface area (Å²) in [4.78, 5) is 19.3. The van der Waals surface area contributed by atoms with Crippen LogP contribution in [0.25, 0.3) is 0 Å². The molecule has 0 saturated carbocycles. The Morgan fingerprint density at radius 1 is 1.22 bits per heavy atom. The van der Waals surface area contributed by atoms with E-state index in [9.17, 15) is 41.8 Å². The van der Waals surface area contributed by atoms with Gasteiger partial charge in [-0.15, -0.1) is 0 Å². The van der Waals surface area contributed by atoms with E-state index in [1.165, 1.54) is 0 Å². The lowest BCUT2D eigenvalue weighted by atomic mass is 10.1. The van der Waals surface area contributed by atoms with Gasteiger partial charge in [-0.25, -0.2) is 8.42 Å². The summed E-state index contributed by atoms with van der Waals surface area (Å²) in [6, 6.07) is -0.196. The first-order chi connectivity index (χ1) is 12.3. The van der Waals surface area contributed by atoms with Crippen LogP contribution in [-0.2, 0) is 16.0 Å². The smallest absolute Gasteiger partial charge is 0.367 e. The number of nitro groups is 2. The fourth-order valence-corrected chi connectivity index (χ4v) is 5.31. The van der Waals surface area contributed by atoms with Crippen LogP contribution in [0.3, 0.4) is 0 Å². The highest BCUT2D eigenvalue weighted by atomic mass is 32.2. The molecule has 0 aromatic heterocycles. The average Bonchev–Trinajstić information content (AvgIpc) is 2.84. The summed E-state index contributed by atoms with van der Waals surface area (Å²) in [5, 5.41) is 24.9. The first-order valence-corrected chi connectivity index (χ1v) is 10.1. The van der Waals surface area contributed by atoms with Gasteiger partial charge in [-0.1, -0.05) is 12.2 Å². The number of thiocarbonyl (C=S) groups is 1. The molecular weight excluding hydrogens is 435 g/mol. The van der Waals surface area contributed by atoms with Gasteiger partial charge in [0.25, 0.3) is 11.4 Å². The largest absolute Gasteiger partial charge is 0.416 e. The van der Waals surface area contributed by atoms with E-state index in [1.54, 1.807) is 0 Å². The van der Waals surface area contributed by atoms with Gasteiger partial charge >= 0.3 is 6.18 Å². The molecule has 0 aliphatic carbocycles. The van der Waals surface area contributed by atoms with Crippen LogP contribution >= 0.6 is 24.0 Å². The number of thioether (sulfide) groups is 1. The van der Waals surface area contributed by atoms with Gasteiger partial charge in [-0.2, -0.15) is 13.2 Å². The van der Waals surface area contributed by atoms with Gasteiger partial charge in [0.2, 0.25) is 0 Å². The van der Waals surface area contributed by atoms with Crippen LogP contribution in [0.4, 0.5) is 24.5 Å². The number of nitrogens with one attached hydrogen (secondary N) is 1. The van der Waals surface area contributed by atoms with Gasteiger partial charge in [0.05, 0.1) is 26.9 Å². The summed E-state index contributed by atoms with van der Waals surface area (Å²) in [6.45, 7) is 0. The Bertz CT molecular complexity index is 884. The van der Waals surface area contributed by atoms with Crippen molar-refractivity contribution in [1.82, 2.24) is 5.32 Å². The van der Waals surface area contributed by atoms with Crippen molar-refractivity contribution in [1.29, 1.82) is 0 Å². The molecule has 0 spiro atoms. The van der Waals surface area contributed by atoms with Crippen molar-refractivity contribution in [2.75, 3.05) is 11.5 Å². The number of hydrogen-bond donors (Lipinski definition) is 1. The number of nitrogens with zero attached hydrogens (tertiary/aromatic N) is 2. The Morgan fingerprint density at radius 3 is 2.11 bits per heavy atom. The molecule has 0 radical (unpaired) electrons. The van der Waals surface area contributed by atoms with Crippen LogP contribution in [0, 0.1) is 20.2 Å².